The minimum atomic E-state index is 0.753. The van der Waals surface area contributed by atoms with Crippen LogP contribution in [0.3, 0.4) is 0 Å². The molecular weight excluding hydrogens is 292 g/mol. The lowest BCUT2D eigenvalue weighted by Gasteiger charge is -2.09. The summed E-state index contributed by atoms with van der Waals surface area (Å²) in [6.07, 6.45) is 6.00. The first kappa shape index (κ1) is 15.9. The highest BCUT2D eigenvalue weighted by Gasteiger charge is 2.08. The van der Waals surface area contributed by atoms with Crippen molar-refractivity contribution in [3.63, 3.8) is 0 Å². The maximum atomic E-state index is 4.76. The van der Waals surface area contributed by atoms with E-state index < -0.39 is 0 Å². The minimum Gasteiger partial charge on any atom is -0.233 e. The van der Waals surface area contributed by atoms with Gasteiger partial charge in [-0.25, -0.2) is 9.97 Å². The summed E-state index contributed by atoms with van der Waals surface area (Å²) in [5.74, 6) is 0.753. The first-order valence-corrected chi connectivity index (χ1v) is 8.02. The third-order valence-corrected chi connectivity index (χ3v) is 3.83. The number of benzene rings is 2. The van der Waals surface area contributed by atoms with Gasteiger partial charge in [-0.15, -0.1) is 0 Å². The molecule has 0 bridgehead atoms. The van der Waals surface area contributed by atoms with E-state index in [0.29, 0.717) is 0 Å². The normalized spacial score (nSPS) is 10.9. The van der Waals surface area contributed by atoms with Crippen LogP contribution in [0, 0.1) is 6.92 Å². The number of nitrogens with zero attached hydrogens (tertiary/aromatic N) is 2. The van der Waals surface area contributed by atoms with Crippen LogP contribution in [0.15, 0.2) is 67.3 Å². The van der Waals surface area contributed by atoms with Crippen LogP contribution in [0.5, 0.6) is 0 Å². The lowest BCUT2D eigenvalue weighted by Crippen LogP contribution is -1.95. The molecule has 0 atom stereocenters. The number of rotatable bonds is 4. The third-order valence-electron chi connectivity index (χ3n) is 3.83. The molecule has 0 aliphatic heterocycles. The second-order valence-corrected chi connectivity index (χ2v) is 5.63. The number of hydrogen-bond acceptors (Lipinski definition) is 2. The topological polar surface area (TPSA) is 25.8 Å². The van der Waals surface area contributed by atoms with Gasteiger partial charge in [0.05, 0.1) is 5.69 Å². The smallest absolute Gasteiger partial charge is 0.160 e. The lowest BCUT2D eigenvalue weighted by atomic mass is 10.0. The molecule has 0 aliphatic carbocycles. The van der Waals surface area contributed by atoms with Crippen LogP contribution in [0.4, 0.5) is 0 Å². The molecule has 0 radical (unpaired) electrons. The Morgan fingerprint density at radius 1 is 0.875 bits per heavy atom. The second-order valence-electron chi connectivity index (χ2n) is 5.63. The largest absolute Gasteiger partial charge is 0.233 e. The number of hydrogen-bond donors (Lipinski definition) is 0. The van der Waals surface area contributed by atoms with Crippen LogP contribution < -0.4 is 0 Å². The molecule has 2 nitrogen and oxygen atoms in total. The summed E-state index contributed by atoms with van der Waals surface area (Å²) >= 11 is 0. The van der Waals surface area contributed by atoms with Crippen molar-refractivity contribution in [2.24, 2.45) is 0 Å². The number of aromatic nitrogens is 2. The van der Waals surface area contributed by atoms with Gasteiger partial charge in [0, 0.05) is 16.8 Å². The molecule has 0 N–H and O–H groups in total. The van der Waals surface area contributed by atoms with E-state index >= 15 is 0 Å². The van der Waals surface area contributed by atoms with Crippen molar-refractivity contribution in [1.29, 1.82) is 0 Å². The van der Waals surface area contributed by atoms with Crippen LogP contribution in [-0.2, 0) is 0 Å². The molecule has 2 heteroatoms. The highest BCUT2D eigenvalue weighted by Crippen LogP contribution is 2.25. The SMILES string of the molecule is C=Cc1cc(-c2cc(C)nc(-c3ccccc3)n2)ccc1/C=C\C. The molecule has 24 heavy (non-hydrogen) atoms. The predicted octanol–water partition coefficient (Wildman–Crippen LogP) is 5.80. The van der Waals surface area contributed by atoms with Crippen molar-refractivity contribution in [3.05, 3.63) is 84.1 Å². The summed E-state index contributed by atoms with van der Waals surface area (Å²) in [4.78, 5) is 9.34. The van der Waals surface area contributed by atoms with E-state index in [1.54, 1.807) is 0 Å². The molecule has 0 amide bonds. The Labute approximate surface area is 143 Å². The Hall–Kier alpha value is -3.00. The van der Waals surface area contributed by atoms with Gasteiger partial charge >= 0.3 is 0 Å². The molecule has 0 saturated carbocycles. The molecule has 118 valence electrons. The molecule has 1 aromatic heterocycles. The molecule has 0 fully saturated rings. The van der Waals surface area contributed by atoms with Crippen LogP contribution in [0.1, 0.15) is 23.7 Å². The number of aryl methyl sites for hydroxylation is 1. The van der Waals surface area contributed by atoms with Gasteiger partial charge in [-0.05, 0) is 37.1 Å². The summed E-state index contributed by atoms with van der Waals surface area (Å²) in [6.45, 7) is 7.94. The van der Waals surface area contributed by atoms with E-state index in [1.165, 1.54) is 0 Å². The van der Waals surface area contributed by atoms with Gasteiger partial charge in [-0.1, -0.05) is 67.3 Å². The average molecular weight is 312 g/mol. The van der Waals surface area contributed by atoms with Crippen LogP contribution >= 0.6 is 0 Å². The van der Waals surface area contributed by atoms with E-state index in [1.807, 2.05) is 62.4 Å². The Bertz CT molecular complexity index is 893. The summed E-state index contributed by atoms with van der Waals surface area (Å²) < 4.78 is 0. The standard InChI is InChI=1S/C22H20N2/c1-4-9-18-12-13-20(15-17(18)5-2)21-14-16(3)23-22(24-21)19-10-7-6-8-11-19/h4-15H,2H2,1,3H3/b9-4-. The molecule has 1 heterocycles. The molecule has 2 aromatic carbocycles. The van der Waals surface area contributed by atoms with Gasteiger partial charge in [0.15, 0.2) is 5.82 Å². The van der Waals surface area contributed by atoms with Crippen molar-refractivity contribution in [2.45, 2.75) is 13.8 Å². The monoisotopic (exact) mass is 312 g/mol. The van der Waals surface area contributed by atoms with E-state index in [-0.39, 0.29) is 0 Å². The number of allylic oxidation sites excluding steroid dienone is 1. The zero-order chi connectivity index (χ0) is 16.9. The van der Waals surface area contributed by atoms with E-state index in [9.17, 15) is 0 Å². The Balaban J connectivity index is 2.10. The van der Waals surface area contributed by atoms with Crippen molar-refractivity contribution in [2.75, 3.05) is 0 Å². The molecule has 0 unspecified atom stereocenters. The van der Waals surface area contributed by atoms with Gasteiger partial charge in [-0.2, -0.15) is 0 Å². The highest BCUT2D eigenvalue weighted by molar-refractivity contribution is 5.72. The fourth-order valence-electron chi connectivity index (χ4n) is 2.67. The average Bonchev–Trinajstić information content (AvgIpc) is 2.62. The predicted molar refractivity (Wildman–Crippen MR) is 102 cm³/mol. The molecular formula is C22H20N2. The molecule has 0 spiro atoms. The van der Waals surface area contributed by atoms with Crippen molar-refractivity contribution >= 4 is 12.2 Å². The van der Waals surface area contributed by atoms with E-state index in [2.05, 4.69) is 35.8 Å². The van der Waals surface area contributed by atoms with Crippen molar-refractivity contribution < 1.29 is 0 Å². The zero-order valence-corrected chi connectivity index (χ0v) is 14.0. The van der Waals surface area contributed by atoms with E-state index in [0.717, 1.165) is 39.5 Å². The minimum absolute atomic E-state index is 0.753. The molecule has 0 saturated heterocycles. The first-order chi connectivity index (χ1) is 11.7. The Morgan fingerprint density at radius 2 is 1.67 bits per heavy atom. The molecule has 0 aliphatic rings. The highest BCUT2D eigenvalue weighted by atomic mass is 14.9. The van der Waals surface area contributed by atoms with Gasteiger partial charge in [0.2, 0.25) is 0 Å². The van der Waals surface area contributed by atoms with Gasteiger partial charge in [0.1, 0.15) is 0 Å². The van der Waals surface area contributed by atoms with E-state index in [4.69, 9.17) is 4.98 Å². The Kier molecular flexibility index (Phi) is 4.66. The quantitative estimate of drug-likeness (QED) is 0.609. The summed E-state index contributed by atoms with van der Waals surface area (Å²) in [6, 6.07) is 18.4. The van der Waals surface area contributed by atoms with Gasteiger partial charge < -0.3 is 0 Å². The van der Waals surface area contributed by atoms with Crippen LogP contribution in [-0.4, -0.2) is 9.97 Å². The zero-order valence-electron chi connectivity index (χ0n) is 14.0. The third kappa shape index (κ3) is 3.33. The van der Waals surface area contributed by atoms with Crippen molar-refractivity contribution in [1.82, 2.24) is 9.97 Å². The van der Waals surface area contributed by atoms with Crippen LogP contribution in [0.2, 0.25) is 0 Å². The maximum absolute atomic E-state index is 4.76. The maximum Gasteiger partial charge on any atom is 0.160 e. The van der Waals surface area contributed by atoms with Crippen LogP contribution in [0.25, 0.3) is 34.8 Å². The van der Waals surface area contributed by atoms with Crippen molar-refractivity contribution in [3.8, 4) is 22.6 Å². The first-order valence-electron chi connectivity index (χ1n) is 8.02. The fraction of sp³-hybridized carbons (Fsp3) is 0.0909. The van der Waals surface area contributed by atoms with Gasteiger partial charge in [-0.3, -0.25) is 0 Å². The lowest BCUT2D eigenvalue weighted by molar-refractivity contribution is 1.11. The molecule has 3 rings (SSSR count). The summed E-state index contributed by atoms with van der Waals surface area (Å²) in [5.41, 5.74) is 6.24. The Morgan fingerprint density at radius 3 is 2.38 bits per heavy atom. The van der Waals surface area contributed by atoms with Gasteiger partial charge in [0.25, 0.3) is 0 Å². The fourth-order valence-corrected chi connectivity index (χ4v) is 2.67. The second kappa shape index (κ2) is 7.05. The molecule has 3 aromatic rings. The summed E-state index contributed by atoms with van der Waals surface area (Å²) in [5, 5.41) is 0. The summed E-state index contributed by atoms with van der Waals surface area (Å²) in [7, 11) is 0.